The summed E-state index contributed by atoms with van der Waals surface area (Å²) in [7, 11) is 0. The zero-order valence-corrected chi connectivity index (χ0v) is 15.8. The lowest BCUT2D eigenvalue weighted by atomic mass is 9.97. The Hall–Kier alpha value is -2.99. The monoisotopic (exact) mass is 364 g/mol. The van der Waals surface area contributed by atoms with Gasteiger partial charge in [0.2, 0.25) is 0 Å². The molecule has 3 rings (SSSR count). The van der Waals surface area contributed by atoms with Gasteiger partial charge in [0.15, 0.2) is 0 Å². The molecule has 3 aromatic rings. The first kappa shape index (κ1) is 18.8. The van der Waals surface area contributed by atoms with Crippen LogP contribution in [0.4, 0.5) is 0 Å². The van der Waals surface area contributed by atoms with Crippen molar-refractivity contribution in [1.82, 2.24) is 20.3 Å². The van der Waals surface area contributed by atoms with Crippen LogP contribution in [0.1, 0.15) is 29.8 Å². The summed E-state index contributed by atoms with van der Waals surface area (Å²) in [6.45, 7) is 6.41. The third kappa shape index (κ3) is 4.41. The Morgan fingerprint density at radius 3 is 2.48 bits per heavy atom. The second kappa shape index (κ2) is 8.14. The van der Waals surface area contributed by atoms with E-state index in [1.165, 1.54) is 5.56 Å². The molecule has 2 N–H and O–H groups in total. The molecule has 1 heterocycles. The molecule has 0 aliphatic heterocycles. The Labute approximate surface area is 158 Å². The number of carbonyl (C=O) groups is 1. The van der Waals surface area contributed by atoms with Gasteiger partial charge in [-0.05, 0) is 50.1 Å². The number of amides is 1. The molecule has 140 valence electrons. The number of nitrogens with zero attached hydrogens (tertiary/aromatic N) is 3. The van der Waals surface area contributed by atoms with Crippen molar-refractivity contribution in [2.75, 3.05) is 6.61 Å². The van der Waals surface area contributed by atoms with E-state index in [0.717, 1.165) is 28.9 Å². The van der Waals surface area contributed by atoms with Crippen molar-refractivity contribution in [3.63, 3.8) is 0 Å². The quantitative estimate of drug-likeness (QED) is 0.704. The van der Waals surface area contributed by atoms with Crippen molar-refractivity contribution in [3.05, 3.63) is 59.8 Å². The van der Waals surface area contributed by atoms with E-state index in [9.17, 15) is 9.90 Å². The first-order chi connectivity index (χ1) is 13.0. The molecular weight excluding hydrogens is 340 g/mol. The smallest absolute Gasteiger partial charge is 0.251 e. The highest BCUT2D eigenvalue weighted by molar-refractivity contribution is 5.97. The predicted molar refractivity (Wildman–Crippen MR) is 105 cm³/mol. The van der Waals surface area contributed by atoms with E-state index in [1.807, 2.05) is 56.4 Å². The van der Waals surface area contributed by atoms with Crippen molar-refractivity contribution in [2.24, 2.45) is 0 Å². The number of hydrogen-bond acceptors (Lipinski definition) is 4. The summed E-state index contributed by atoms with van der Waals surface area (Å²) in [5, 5.41) is 20.3. The molecule has 6 nitrogen and oxygen atoms in total. The van der Waals surface area contributed by atoms with E-state index in [4.69, 9.17) is 0 Å². The normalized spacial score (nSPS) is 12.0. The van der Waals surface area contributed by atoms with E-state index in [-0.39, 0.29) is 18.6 Å². The molecule has 0 radical (unpaired) electrons. The Morgan fingerprint density at radius 2 is 1.85 bits per heavy atom. The number of aromatic nitrogens is 3. The fourth-order valence-corrected chi connectivity index (χ4v) is 2.76. The van der Waals surface area contributed by atoms with Crippen LogP contribution in [0.2, 0.25) is 0 Å². The molecule has 2 aromatic carbocycles. The van der Waals surface area contributed by atoms with Crippen LogP contribution in [0.5, 0.6) is 0 Å². The summed E-state index contributed by atoms with van der Waals surface area (Å²) in [5.41, 5.74) is 5.20. The van der Waals surface area contributed by atoms with Gasteiger partial charge < -0.3 is 10.4 Å². The van der Waals surface area contributed by atoms with Gasteiger partial charge in [0, 0.05) is 23.7 Å². The standard InChI is InChI=1S/C21H24N4O2/c1-4-25-12-20(23-24-25)18-9-17(16-7-5-14(2)6-8-16)10-19(11-18)21(27)22-15(3)13-26/h5-12,15,26H,4,13H2,1-3H3,(H,22,27)/t15-/m0/s1. The highest BCUT2D eigenvalue weighted by Crippen LogP contribution is 2.27. The molecule has 0 saturated heterocycles. The van der Waals surface area contributed by atoms with Gasteiger partial charge in [0.1, 0.15) is 5.69 Å². The van der Waals surface area contributed by atoms with E-state index >= 15 is 0 Å². The molecule has 0 aliphatic rings. The average molecular weight is 364 g/mol. The van der Waals surface area contributed by atoms with Crippen LogP contribution in [0.15, 0.2) is 48.7 Å². The molecule has 0 unspecified atom stereocenters. The van der Waals surface area contributed by atoms with Crippen LogP contribution in [-0.2, 0) is 6.54 Å². The molecule has 0 spiro atoms. The molecule has 1 atom stereocenters. The lowest BCUT2D eigenvalue weighted by molar-refractivity contribution is 0.0922. The number of aliphatic hydroxyl groups is 1. The van der Waals surface area contributed by atoms with Crippen LogP contribution in [0, 0.1) is 6.92 Å². The maximum atomic E-state index is 12.6. The van der Waals surface area contributed by atoms with Gasteiger partial charge in [-0.1, -0.05) is 35.0 Å². The van der Waals surface area contributed by atoms with Crippen molar-refractivity contribution in [2.45, 2.75) is 33.4 Å². The van der Waals surface area contributed by atoms with Crippen LogP contribution in [0.25, 0.3) is 22.4 Å². The SMILES string of the molecule is CCn1cc(-c2cc(C(=O)N[C@@H](C)CO)cc(-c3ccc(C)cc3)c2)nn1. The van der Waals surface area contributed by atoms with Crippen LogP contribution >= 0.6 is 0 Å². The maximum absolute atomic E-state index is 12.6. The minimum atomic E-state index is -0.315. The van der Waals surface area contributed by atoms with E-state index in [1.54, 1.807) is 17.7 Å². The fraction of sp³-hybridized carbons (Fsp3) is 0.286. The number of nitrogens with one attached hydrogen (secondary N) is 1. The maximum Gasteiger partial charge on any atom is 0.251 e. The van der Waals surface area contributed by atoms with Crippen LogP contribution < -0.4 is 5.32 Å². The van der Waals surface area contributed by atoms with E-state index in [0.29, 0.717) is 5.56 Å². The second-order valence-corrected chi connectivity index (χ2v) is 6.68. The third-order valence-electron chi connectivity index (χ3n) is 4.39. The molecule has 1 aromatic heterocycles. The first-order valence-corrected chi connectivity index (χ1v) is 9.04. The largest absolute Gasteiger partial charge is 0.394 e. The van der Waals surface area contributed by atoms with Crippen molar-refractivity contribution >= 4 is 5.91 Å². The van der Waals surface area contributed by atoms with Gasteiger partial charge in [0.05, 0.1) is 12.8 Å². The third-order valence-corrected chi connectivity index (χ3v) is 4.39. The Bertz CT molecular complexity index is 932. The van der Waals surface area contributed by atoms with Gasteiger partial charge in [-0.15, -0.1) is 5.10 Å². The second-order valence-electron chi connectivity index (χ2n) is 6.68. The lowest BCUT2D eigenvalue weighted by Crippen LogP contribution is -2.35. The van der Waals surface area contributed by atoms with Gasteiger partial charge >= 0.3 is 0 Å². The number of aryl methyl sites for hydroxylation is 2. The highest BCUT2D eigenvalue weighted by Gasteiger charge is 2.14. The van der Waals surface area contributed by atoms with E-state index in [2.05, 4.69) is 15.6 Å². The summed E-state index contributed by atoms with van der Waals surface area (Å²) in [6, 6.07) is 13.5. The molecule has 1 amide bonds. The molecule has 0 aliphatic carbocycles. The number of carbonyl (C=O) groups excluding carboxylic acids is 1. The predicted octanol–water partition coefficient (Wildman–Crippen LogP) is 3.05. The summed E-state index contributed by atoms with van der Waals surface area (Å²) in [4.78, 5) is 12.6. The summed E-state index contributed by atoms with van der Waals surface area (Å²) in [6.07, 6.45) is 1.87. The minimum absolute atomic E-state index is 0.110. The van der Waals surface area contributed by atoms with Crippen LogP contribution in [-0.4, -0.2) is 38.7 Å². The highest BCUT2D eigenvalue weighted by atomic mass is 16.3. The first-order valence-electron chi connectivity index (χ1n) is 9.04. The molecular formula is C21H24N4O2. The van der Waals surface area contributed by atoms with Gasteiger partial charge in [-0.3, -0.25) is 9.48 Å². The zero-order chi connectivity index (χ0) is 19.4. The van der Waals surface area contributed by atoms with Crippen LogP contribution in [0.3, 0.4) is 0 Å². The van der Waals surface area contributed by atoms with Crippen molar-refractivity contribution in [3.8, 4) is 22.4 Å². The topological polar surface area (TPSA) is 80.0 Å². The fourth-order valence-electron chi connectivity index (χ4n) is 2.76. The number of rotatable bonds is 6. The Morgan fingerprint density at radius 1 is 1.15 bits per heavy atom. The zero-order valence-electron chi connectivity index (χ0n) is 15.8. The Kier molecular flexibility index (Phi) is 5.66. The van der Waals surface area contributed by atoms with Gasteiger partial charge in [-0.2, -0.15) is 0 Å². The summed E-state index contributed by atoms with van der Waals surface area (Å²) < 4.78 is 1.75. The molecule has 27 heavy (non-hydrogen) atoms. The van der Waals surface area contributed by atoms with E-state index < -0.39 is 0 Å². The number of benzene rings is 2. The van der Waals surface area contributed by atoms with Gasteiger partial charge in [0.25, 0.3) is 5.91 Å². The van der Waals surface area contributed by atoms with Crippen molar-refractivity contribution < 1.29 is 9.90 Å². The molecule has 0 saturated carbocycles. The van der Waals surface area contributed by atoms with Gasteiger partial charge in [-0.25, -0.2) is 0 Å². The molecule has 0 fully saturated rings. The Balaban J connectivity index is 2.06. The summed E-state index contributed by atoms with van der Waals surface area (Å²) >= 11 is 0. The average Bonchev–Trinajstić information content (AvgIpc) is 3.17. The number of hydrogen-bond donors (Lipinski definition) is 2. The minimum Gasteiger partial charge on any atom is -0.394 e. The van der Waals surface area contributed by atoms with Crippen molar-refractivity contribution in [1.29, 1.82) is 0 Å². The molecule has 6 heteroatoms. The molecule has 0 bridgehead atoms. The summed E-state index contributed by atoms with van der Waals surface area (Å²) in [5.74, 6) is -0.227. The lowest BCUT2D eigenvalue weighted by Gasteiger charge is -2.13. The number of aliphatic hydroxyl groups excluding tert-OH is 1.